The highest BCUT2D eigenvalue weighted by Gasteiger charge is 2.40. The van der Waals surface area contributed by atoms with Crippen molar-refractivity contribution in [2.45, 2.75) is 18.1 Å². The lowest BCUT2D eigenvalue weighted by molar-refractivity contribution is -0.124. The molecule has 1 aliphatic heterocycles. The van der Waals surface area contributed by atoms with E-state index < -0.39 is 5.60 Å². The molecule has 124 valence electrons. The molecule has 0 spiro atoms. The van der Waals surface area contributed by atoms with Crippen LogP contribution in [0.2, 0.25) is 5.02 Å². The molecule has 0 aliphatic carbocycles. The van der Waals surface area contributed by atoms with E-state index in [0.717, 1.165) is 17.7 Å². The second-order valence-corrected chi connectivity index (χ2v) is 6.03. The van der Waals surface area contributed by atoms with Crippen molar-refractivity contribution in [1.29, 1.82) is 0 Å². The van der Waals surface area contributed by atoms with Gasteiger partial charge in [-0.05, 0) is 17.2 Å². The molecule has 2 atom stereocenters. The number of nitrogens with one attached hydrogen (secondary N) is 1. The van der Waals surface area contributed by atoms with Crippen LogP contribution in [0, 0.1) is 0 Å². The Labute approximate surface area is 148 Å². The summed E-state index contributed by atoms with van der Waals surface area (Å²) >= 11 is 6.29. The van der Waals surface area contributed by atoms with Crippen LogP contribution in [0.4, 0.5) is 0 Å². The Hall–Kier alpha value is -1.10. The predicted molar refractivity (Wildman–Crippen MR) is 95.4 cm³/mol. The summed E-state index contributed by atoms with van der Waals surface area (Å²) in [5.74, 6) is 0. The molecule has 1 saturated heterocycles. The van der Waals surface area contributed by atoms with Gasteiger partial charge in [0.25, 0.3) is 0 Å². The largest absolute Gasteiger partial charge is 0.382 e. The van der Waals surface area contributed by atoms with Crippen LogP contribution >= 0.6 is 24.0 Å². The van der Waals surface area contributed by atoms with Gasteiger partial charge in [0.1, 0.15) is 11.7 Å². The first-order chi connectivity index (χ1) is 10.7. The minimum atomic E-state index is -1.11. The highest BCUT2D eigenvalue weighted by atomic mass is 35.5. The first-order valence-electron chi connectivity index (χ1n) is 7.54. The number of ether oxygens (including phenoxy) is 1. The maximum Gasteiger partial charge on any atom is 0.121 e. The molecule has 1 aliphatic rings. The summed E-state index contributed by atoms with van der Waals surface area (Å²) < 4.78 is 5.85. The van der Waals surface area contributed by atoms with Crippen LogP contribution in [-0.2, 0) is 16.8 Å². The quantitative estimate of drug-likeness (QED) is 0.886. The minimum Gasteiger partial charge on any atom is -0.382 e. The fourth-order valence-corrected chi connectivity index (χ4v) is 3.14. The summed E-state index contributed by atoms with van der Waals surface area (Å²) in [7, 11) is 0. The molecular weight excluding hydrogens is 333 g/mol. The molecule has 1 heterocycles. The Morgan fingerprint density at radius 2 is 1.83 bits per heavy atom. The first kappa shape index (κ1) is 18.2. The summed E-state index contributed by atoms with van der Waals surface area (Å²) in [5.41, 5.74) is 0.660. The van der Waals surface area contributed by atoms with E-state index in [1.54, 1.807) is 0 Å². The fraction of sp³-hybridized carbons (Fsp3) is 0.333. The van der Waals surface area contributed by atoms with E-state index in [1.807, 2.05) is 54.6 Å². The number of morpholine rings is 1. The zero-order valence-corrected chi connectivity index (χ0v) is 14.3. The number of halogens is 2. The third-order valence-electron chi connectivity index (χ3n) is 4.15. The van der Waals surface area contributed by atoms with Gasteiger partial charge < -0.3 is 15.2 Å². The molecule has 2 N–H and O–H groups in total. The maximum absolute atomic E-state index is 11.5. The molecule has 0 unspecified atom stereocenters. The molecular formula is C18H21Cl2NO2. The van der Waals surface area contributed by atoms with Gasteiger partial charge in [-0.3, -0.25) is 0 Å². The molecule has 0 bridgehead atoms. The molecule has 2 aromatic rings. The SMILES string of the molecule is Cl.O[C@@](Cc1ccccc1Cl)(c1ccccc1)[C@H]1CNCCO1. The second-order valence-electron chi connectivity index (χ2n) is 5.62. The van der Waals surface area contributed by atoms with Crippen molar-refractivity contribution in [2.75, 3.05) is 19.7 Å². The van der Waals surface area contributed by atoms with Gasteiger partial charge in [-0.2, -0.15) is 0 Å². The smallest absolute Gasteiger partial charge is 0.121 e. The molecule has 3 nitrogen and oxygen atoms in total. The van der Waals surface area contributed by atoms with E-state index in [9.17, 15) is 5.11 Å². The third kappa shape index (κ3) is 4.06. The minimum absolute atomic E-state index is 0. The highest BCUT2D eigenvalue weighted by Crippen LogP contribution is 2.33. The summed E-state index contributed by atoms with van der Waals surface area (Å²) in [6.07, 6.45) is 0.114. The normalized spacial score (nSPS) is 20.3. The summed E-state index contributed by atoms with van der Waals surface area (Å²) in [6.45, 7) is 2.03. The Bertz CT molecular complexity index is 617. The molecule has 0 aromatic heterocycles. The molecule has 0 amide bonds. The van der Waals surface area contributed by atoms with E-state index >= 15 is 0 Å². The Morgan fingerprint density at radius 1 is 1.13 bits per heavy atom. The third-order valence-corrected chi connectivity index (χ3v) is 4.52. The lowest BCUT2D eigenvalue weighted by atomic mass is 9.82. The van der Waals surface area contributed by atoms with Crippen LogP contribution in [0.1, 0.15) is 11.1 Å². The molecule has 3 rings (SSSR count). The van der Waals surface area contributed by atoms with Gasteiger partial charge in [0, 0.05) is 24.5 Å². The van der Waals surface area contributed by atoms with Crippen LogP contribution < -0.4 is 5.32 Å². The lowest BCUT2D eigenvalue weighted by Gasteiger charge is -2.39. The fourth-order valence-electron chi connectivity index (χ4n) is 2.93. The van der Waals surface area contributed by atoms with E-state index in [2.05, 4.69) is 5.32 Å². The van der Waals surface area contributed by atoms with Gasteiger partial charge in [-0.25, -0.2) is 0 Å². The van der Waals surface area contributed by atoms with Crippen molar-refractivity contribution in [2.24, 2.45) is 0 Å². The van der Waals surface area contributed by atoms with Crippen molar-refractivity contribution in [1.82, 2.24) is 5.32 Å². The van der Waals surface area contributed by atoms with Crippen LogP contribution in [0.3, 0.4) is 0 Å². The molecule has 23 heavy (non-hydrogen) atoms. The van der Waals surface area contributed by atoms with Gasteiger partial charge in [-0.15, -0.1) is 12.4 Å². The number of benzene rings is 2. The maximum atomic E-state index is 11.5. The van der Waals surface area contributed by atoms with E-state index in [-0.39, 0.29) is 18.5 Å². The van der Waals surface area contributed by atoms with Crippen molar-refractivity contribution in [3.05, 3.63) is 70.7 Å². The zero-order chi connectivity index (χ0) is 15.4. The van der Waals surface area contributed by atoms with Crippen LogP contribution in [0.25, 0.3) is 0 Å². The van der Waals surface area contributed by atoms with Crippen LogP contribution in [-0.4, -0.2) is 30.9 Å². The van der Waals surface area contributed by atoms with E-state index in [1.165, 1.54) is 0 Å². The molecule has 5 heteroatoms. The van der Waals surface area contributed by atoms with E-state index in [0.29, 0.717) is 24.6 Å². The van der Waals surface area contributed by atoms with Gasteiger partial charge in [0.2, 0.25) is 0 Å². The van der Waals surface area contributed by atoms with Gasteiger partial charge in [0.05, 0.1) is 6.61 Å². The van der Waals surface area contributed by atoms with Crippen molar-refractivity contribution < 1.29 is 9.84 Å². The van der Waals surface area contributed by atoms with Crippen molar-refractivity contribution in [3.8, 4) is 0 Å². The Balaban J connectivity index is 0.00000192. The average Bonchev–Trinajstić information content (AvgIpc) is 2.58. The predicted octanol–water partition coefficient (Wildman–Crippen LogP) is 3.18. The standard InChI is InChI=1S/C18H20ClNO2.ClH/c19-16-9-5-4-6-14(16)12-18(21,15-7-2-1-3-8-15)17-13-20-10-11-22-17;/h1-9,17,20-21H,10-13H2;1H/t17-,18+;/m1./s1. The molecule has 0 saturated carbocycles. The Kier molecular flexibility index (Phi) is 6.45. The summed E-state index contributed by atoms with van der Waals surface area (Å²) in [4.78, 5) is 0. The monoisotopic (exact) mass is 353 g/mol. The van der Waals surface area contributed by atoms with Crippen molar-refractivity contribution >= 4 is 24.0 Å². The molecule has 0 radical (unpaired) electrons. The molecule has 1 fully saturated rings. The number of hydrogen-bond donors (Lipinski definition) is 2. The number of rotatable bonds is 4. The van der Waals surface area contributed by atoms with Crippen LogP contribution in [0.5, 0.6) is 0 Å². The second kappa shape index (κ2) is 8.13. The van der Waals surface area contributed by atoms with Gasteiger partial charge >= 0.3 is 0 Å². The zero-order valence-electron chi connectivity index (χ0n) is 12.7. The Morgan fingerprint density at radius 3 is 2.48 bits per heavy atom. The van der Waals surface area contributed by atoms with Gasteiger partial charge in [-0.1, -0.05) is 60.1 Å². The highest BCUT2D eigenvalue weighted by molar-refractivity contribution is 6.31. The lowest BCUT2D eigenvalue weighted by Crippen LogP contribution is -2.52. The first-order valence-corrected chi connectivity index (χ1v) is 7.91. The molecule has 2 aromatic carbocycles. The van der Waals surface area contributed by atoms with Crippen molar-refractivity contribution in [3.63, 3.8) is 0 Å². The van der Waals surface area contributed by atoms with Crippen LogP contribution in [0.15, 0.2) is 54.6 Å². The topological polar surface area (TPSA) is 41.5 Å². The summed E-state index contributed by atoms with van der Waals surface area (Å²) in [5, 5.41) is 15.4. The number of aliphatic hydroxyl groups is 1. The summed E-state index contributed by atoms with van der Waals surface area (Å²) in [6, 6.07) is 17.3. The average molecular weight is 354 g/mol. The van der Waals surface area contributed by atoms with Gasteiger partial charge in [0.15, 0.2) is 0 Å². The van der Waals surface area contributed by atoms with E-state index in [4.69, 9.17) is 16.3 Å². The number of hydrogen-bond acceptors (Lipinski definition) is 3.